The highest BCUT2D eigenvalue weighted by Crippen LogP contribution is 2.23. The molecule has 0 amide bonds. The molecule has 2 rings (SSSR count). The number of hydrogen-bond acceptors (Lipinski definition) is 3. The fourth-order valence-electron chi connectivity index (χ4n) is 1.59. The molecule has 0 aliphatic heterocycles. The molecule has 0 unspecified atom stereocenters. The third-order valence-corrected chi connectivity index (χ3v) is 2.61. The molecule has 17 heavy (non-hydrogen) atoms. The van der Waals surface area contributed by atoms with E-state index in [1.807, 2.05) is 44.2 Å². The van der Waals surface area contributed by atoms with Gasteiger partial charge in [-0.25, -0.2) is 4.98 Å². The Morgan fingerprint density at radius 3 is 2.88 bits per heavy atom. The number of pyridine rings is 1. The molecule has 2 aromatic rings. The van der Waals surface area contributed by atoms with Crippen LogP contribution < -0.4 is 4.74 Å². The maximum atomic E-state index is 11.2. The van der Waals surface area contributed by atoms with E-state index in [1.54, 1.807) is 0 Å². The van der Waals surface area contributed by atoms with Crippen LogP contribution in [0.25, 0.3) is 10.9 Å². The van der Waals surface area contributed by atoms with Gasteiger partial charge in [-0.15, -0.1) is 0 Å². The zero-order valence-corrected chi connectivity index (χ0v) is 10.1. The number of aromatic nitrogens is 1. The molecule has 0 N–H and O–H groups in total. The predicted octanol–water partition coefficient (Wildman–Crippen LogP) is 2.90. The summed E-state index contributed by atoms with van der Waals surface area (Å²) in [6, 6.07) is 9.70. The van der Waals surface area contributed by atoms with Crippen LogP contribution in [0.3, 0.4) is 0 Å². The van der Waals surface area contributed by atoms with Crippen LogP contribution in [-0.4, -0.2) is 17.4 Å². The second-order valence-electron chi connectivity index (χ2n) is 3.96. The number of para-hydroxylation sites is 1. The van der Waals surface area contributed by atoms with Crippen molar-refractivity contribution >= 4 is 16.7 Å². The minimum Gasteiger partial charge on any atom is -0.484 e. The Balaban J connectivity index is 2.33. The van der Waals surface area contributed by atoms with Crippen molar-refractivity contribution in [3.8, 4) is 5.75 Å². The molecular formula is C14H15NO2. The predicted molar refractivity (Wildman–Crippen MR) is 67.3 cm³/mol. The van der Waals surface area contributed by atoms with E-state index < -0.39 is 0 Å². The quantitative estimate of drug-likeness (QED) is 0.809. The molecule has 0 bridgehead atoms. The Kier molecular flexibility index (Phi) is 3.38. The summed E-state index contributed by atoms with van der Waals surface area (Å²) in [5, 5.41) is 1.03. The Morgan fingerprint density at radius 2 is 2.12 bits per heavy atom. The second-order valence-corrected chi connectivity index (χ2v) is 3.96. The average Bonchev–Trinajstić information content (AvgIpc) is 2.35. The summed E-state index contributed by atoms with van der Waals surface area (Å²) in [6.07, 6.45) is 0.497. The van der Waals surface area contributed by atoms with E-state index in [1.165, 1.54) is 0 Å². The number of fused-ring (bicyclic) bond motifs is 1. The van der Waals surface area contributed by atoms with Gasteiger partial charge in [0.05, 0.1) is 0 Å². The van der Waals surface area contributed by atoms with Gasteiger partial charge < -0.3 is 4.74 Å². The first-order valence-corrected chi connectivity index (χ1v) is 5.71. The molecule has 3 nitrogen and oxygen atoms in total. The molecule has 3 heteroatoms. The zero-order chi connectivity index (χ0) is 12.3. The third kappa shape index (κ3) is 2.61. The van der Waals surface area contributed by atoms with Crippen molar-refractivity contribution in [1.82, 2.24) is 4.98 Å². The first kappa shape index (κ1) is 11.6. The van der Waals surface area contributed by atoms with E-state index >= 15 is 0 Å². The standard InChI is InChI=1S/C14H15NO2/c1-3-12(16)9-17-13-6-4-5-11-8-7-10(2)15-14(11)13/h4-8H,3,9H2,1-2H3. The Morgan fingerprint density at radius 1 is 1.29 bits per heavy atom. The fourth-order valence-corrected chi connectivity index (χ4v) is 1.59. The number of carbonyl (C=O) groups is 1. The van der Waals surface area contributed by atoms with Gasteiger partial charge in [-0.1, -0.05) is 25.1 Å². The molecule has 1 aromatic carbocycles. The van der Waals surface area contributed by atoms with Gasteiger partial charge >= 0.3 is 0 Å². The molecule has 0 atom stereocenters. The number of carbonyl (C=O) groups excluding carboxylic acids is 1. The van der Waals surface area contributed by atoms with Gasteiger partial charge in [-0.2, -0.15) is 0 Å². The average molecular weight is 229 g/mol. The van der Waals surface area contributed by atoms with Crippen molar-refractivity contribution in [2.45, 2.75) is 20.3 Å². The van der Waals surface area contributed by atoms with Crippen LogP contribution in [0.5, 0.6) is 5.75 Å². The van der Waals surface area contributed by atoms with Gasteiger partial charge in [0.15, 0.2) is 5.78 Å². The smallest absolute Gasteiger partial charge is 0.169 e. The van der Waals surface area contributed by atoms with Crippen LogP contribution in [0.2, 0.25) is 0 Å². The molecule has 0 radical (unpaired) electrons. The van der Waals surface area contributed by atoms with E-state index in [-0.39, 0.29) is 12.4 Å². The van der Waals surface area contributed by atoms with E-state index in [9.17, 15) is 4.79 Å². The number of ketones is 1. The zero-order valence-electron chi connectivity index (χ0n) is 10.1. The number of benzene rings is 1. The van der Waals surface area contributed by atoms with Crippen LogP contribution in [0, 0.1) is 6.92 Å². The highest BCUT2D eigenvalue weighted by atomic mass is 16.5. The van der Waals surface area contributed by atoms with Crippen LogP contribution >= 0.6 is 0 Å². The molecule has 0 spiro atoms. The molecule has 1 aromatic heterocycles. The maximum Gasteiger partial charge on any atom is 0.169 e. The number of hydrogen-bond donors (Lipinski definition) is 0. The molecule has 1 heterocycles. The Labute approximate surface area is 100 Å². The largest absolute Gasteiger partial charge is 0.484 e. The van der Waals surface area contributed by atoms with Crippen LogP contribution in [0.4, 0.5) is 0 Å². The van der Waals surface area contributed by atoms with Crippen molar-refractivity contribution in [3.63, 3.8) is 0 Å². The molecule has 0 saturated heterocycles. The third-order valence-electron chi connectivity index (χ3n) is 2.61. The van der Waals surface area contributed by atoms with Crippen LogP contribution in [0.1, 0.15) is 19.0 Å². The van der Waals surface area contributed by atoms with Crippen molar-refractivity contribution in [2.75, 3.05) is 6.61 Å². The molecule has 0 fully saturated rings. The summed E-state index contributed by atoms with van der Waals surface area (Å²) in [7, 11) is 0. The summed E-state index contributed by atoms with van der Waals surface area (Å²) in [5.41, 5.74) is 1.76. The highest BCUT2D eigenvalue weighted by Gasteiger charge is 2.05. The number of rotatable bonds is 4. The maximum absolute atomic E-state index is 11.2. The first-order valence-electron chi connectivity index (χ1n) is 5.71. The van der Waals surface area contributed by atoms with Gasteiger partial charge in [0, 0.05) is 17.5 Å². The first-order chi connectivity index (χ1) is 8.20. The number of aryl methyl sites for hydroxylation is 1. The molecule has 0 aliphatic rings. The summed E-state index contributed by atoms with van der Waals surface area (Å²) in [4.78, 5) is 15.7. The lowest BCUT2D eigenvalue weighted by Crippen LogP contribution is -2.09. The topological polar surface area (TPSA) is 39.2 Å². The van der Waals surface area contributed by atoms with Gasteiger partial charge in [0.1, 0.15) is 17.9 Å². The van der Waals surface area contributed by atoms with Crippen LogP contribution in [0.15, 0.2) is 30.3 Å². The van der Waals surface area contributed by atoms with Gasteiger partial charge in [-0.05, 0) is 19.1 Å². The van der Waals surface area contributed by atoms with Crippen molar-refractivity contribution < 1.29 is 9.53 Å². The van der Waals surface area contributed by atoms with Crippen LogP contribution in [-0.2, 0) is 4.79 Å². The summed E-state index contributed by atoms with van der Waals surface area (Å²) < 4.78 is 5.51. The number of Topliss-reactive ketones (excluding diaryl/α,β-unsaturated/α-hetero) is 1. The van der Waals surface area contributed by atoms with Crippen molar-refractivity contribution in [2.24, 2.45) is 0 Å². The SMILES string of the molecule is CCC(=O)COc1cccc2ccc(C)nc12. The normalized spacial score (nSPS) is 10.5. The lowest BCUT2D eigenvalue weighted by molar-refractivity contribution is -0.120. The molecule has 88 valence electrons. The summed E-state index contributed by atoms with van der Waals surface area (Å²) in [5.74, 6) is 0.766. The number of ether oxygens (including phenoxy) is 1. The summed E-state index contributed by atoms with van der Waals surface area (Å²) >= 11 is 0. The molecule has 0 aliphatic carbocycles. The minimum atomic E-state index is 0.0923. The Bertz CT molecular complexity index is 549. The molecular weight excluding hydrogens is 214 g/mol. The monoisotopic (exact) mass is 229 g/mol. The Hall–Kier alpha value is -1.90. The van der Waals surface area contributed by atoms with Crippen molar-refractivity contribution in [3.05, 3.63) is 36.0 Å². The summed E-state index contributed by atoms with van der Waals surface area (Å²) in [6.45, 7) is 3.88. The van der Waals surface area contributed by atoms with E-state index in [4.69, 9.17) is 4.74 Å². The van der Waals surface area contributed by atoms with E-state index in [2.05, 4.69) is 4.98 Å². The van der Waals surface area contributed by atoms with Gasteiger partial charge in [0.25, 0.3) is 0 Å². The van der Waals surface area contributed by atoms with E-state index in [0.717, 1.165) is 16.6 Å². The number of nitrogens with zero attached hydrogens (tertiary/aromatic N) is 1. The lowest BCUT2D eigenvalue weighted by Gasteiger charge is -2.08. The van der Waals surface area contributed by atoms with Gasteiger partial charge in [-0.3, -0.25) is 4.79 Å². The molecule has 0 saturated carbocycles. The highest BCUT2D eigenvalue weighted by molar-refractivity contribution is 5.85. The van der Waals surface area contributed by atoms with Gasteiger partial charge in [0.2, 0.25) is 0 Å². The lowest BCUT2D eigenvalue weighted by atomic mass is 10.2. The van der Waals surface area contributed by atoms with Crippen molar-refractivity contribution in [1.29, 1.82) is 0 Å². The second kappa shape index (κ2) is 4.95. The minimum absolute atomic E-state index is 0.0923. The fraction of sp³-hybridized carbons (Fsp3) is 0.286. The van der Waals surface area contributed by atoms with E-state index in [0.29, 0.717) is 12.2 Å².